The lowest BCUT2D eigenvalue weighted by molar-refractivity contribution is -0.137. The number of carboxylic acids is 1. The Balaban J connectivity index is 1.84. The SMILES string of the molecule is Cc1ccccc1CC(=O)C=C[C@H]1CCCC(=O)N1CCSCCCC(=O)O. The average Bonchev–Trinajstić information content (AvgIpc) is 2.66. The fraction of sp³-hybridized carbons (Fsp3) is 0.500. The zero-order chi connectivity index (χ0) is 20.4. The van der Waals surface area contributed by atoms with Crippen LogP contribution in [-0.4, -0.2) is 51.8 Å². The van der Waals surface area contributed by atoms with Crippen LogP contribution in [0, 0.1) is 6.92 Å². The number of nitrogens with zero attached hydrogens (tertiary/aromatic N) is 1. The van der Waals surface area contributed by atoms with Crippen LogP contribution < -0.4 is 0 Å². The molecule has 0 radical (unpaired) electrons. The third-order valence-corrected chi connectivity index (χ3v) is 5.95. The van der Waals surface area contributed by atoms with Crippen molar-refractivity contribution in [3.8, 4) is 0 Å². The molecule has 0 unspecified atom stereocenters. The van der Waals surface area contributed by atoms with Crippen molar-refractivity contribution in [2.45, 2.75) is 51.5 Å². The summed E-state index contributed by atoms with van der Waals surface area (Å²) in [5.74, 6) is 0.984. The number of benzene rings is 1. The van der Waals surface area contributed by atoms with Crippen molar-refractivity contribution in [3.63, 3.8) is 0 Å². The number of thioether (sulfide) groups is 1. The number of piperidine rings is 1. The molecule has 1 heterocycles. The topological polar surface area (TPSA) is 74.7 Å². The van der Waals surface area contributed by atoms with Gasteiger partial charge >= 0.3 is 5.97 Å². The van der Waals surface area contributed by atoms with Gasteiger partial charge in [0.05, 0.1) is 6.04 Å². The van der Waals surface area contributed by atoms with Crippen molar-refractivity contribution in [2.75, 3.05) is 18.1 Å². The number of rotatable bonds is 11. The van der Waals surface area contributed by atoms with E-state index in [0.717, 1.165) is 35.5 Å². The largest absolute Gasteiger partial charge is 0.481 e. The molecule has 5 nitrogen and oxygen atoms in total. The zero-order valence-electron chi connectivity index (χ0n) is 16.4. The predicted octanol–water partition coefficient (Wildman–Crippen LogP) is 3.64. The number of carbonyl (C=O) groups is 3. The Morgan fingerprint density at radius 1 is 1.29 bits per heavy atom. The van der Waals surface area contributed by atoms with E-state index >= 15 is 0 Å². The summed E-state index contributed by atoms with van der Waals surface area (Å²) in [4.78, 5) is 37.1. The normalized spacial score (nSPS) is 17.2. The average molecular weight is 404 g/mol. The van der Waals surface area contributed by atoms with Gasteiger partial charge in [-0.2, -0.15) is 11.8 Å². The summed E-state index contributed by atoms with van der Waals surface area (Å²) >= 11 is 1.67. The minimum Gasteiger partial charge on any atom is -0.481 e. The van der Waals surface area contributed by atoms with Crippen LogP contribution in [0.3, 0.4) is 0 Å². The van der Waals surface area contributed by atoms with Gasteiger partial charge in [-0.1, -0.05) is 30.3 Å². The number of hydrogen-bond donors (Lipinski definition) is 1. The Kier molecular flexibility index (Phi) is 9.28. The van der Waals surface area contributed by atoms with E-state index < -0.39 is 5.97 Å². The van der Waals surface area contributed by atoms with E-state index in [0.29, 0.717) is 25.8 Å². The monoisotopic (exact) mass is 403 g/mol. The second-order valence-corrected chi connectivity index (χ2v) is 8.31. The molecular weight excluding hydrogens is 374 g/mol. The molecule has 0 aromatic heterocycles. The van der Waals surface area contributed by atoms with E-state index in [1.54, 1.807) is 17.8 Å². The number of amides is 1. The highest BCUT2D eigenvalue weighted by Gasteiger charge is 2.25. The summed E-state index contributed by atoms with van der Waals surface area (Å²) in [6, 6.07) is 7.85. The summed E-state index contributed by atoms with van der Waals surface area (Å²) in [6.45, 7) is 2.64. The maximum atomic E-state index is 12.3. The van der Waals surface area contributed by atoms with E-state index in [1.165, 1.54) is 0 Å². The third kappa shape index (κ3) is 7.50. The minimum absolute atomic E-state index is 0.0262. The van der Waals surface area contributed by atoms with Gasteiger partial charge in [-0.3, -0.25) is 14.4 Å². The van der Waals surface area contributed by atoms with Crippen LogP contribution in [0.15, 0.2) is 36.4 Å². The van der Waals surface area contributed by atoms with Crippen molar-refractivity contribution in [2.24, 2.45) is 0 Å². The Morgan fingerprint density at radius 3 is 2.82 bits per heavy atom. The van der Waals surface area contributed by atoms with Crippen molar-refractivity contribution < 1.29 is 19.5 Å². The Labute approximate surface area is 171 Å². The molecule has 1 aliphatic rings. The lowest BCUT2D eigenvalue weighted by Gasteiger charge is -2.34. The van der Waals surface area contributed by atoms with Gasteiger partial charge in [0.2, 0.25) is 5.91 Å². The fourth-order valence-electron chi connectivity index (χ4n) is 3.30. The van der Waals surface area contributed by atoms with Gasteiger partial charge in [0.25, 0.3) is 0 Å². The molecule has 1 N–H and O–H groups in total. The Bertz CT molecular complexity index is 716. The van der Waals surface area contributed by atoms with Crippen molar-refractivity contribution >= 4 is 29.4 Å². The molecule has 6 heteroatoms. The maximum absolute atomic E-state index is 12.3. The number of aliphatic carboxylic acids is 1. The molecular formula is C22H29NO4S. The number of allylic oxidation sites excluding steroid dienone is 1. The summed E-state index contributed by atoms with van der Waals surface area (Å²) in [5.41, 5.74) is 2.14. The molecule has 1 aromatic carbocycles. The Morgan fingerprint density at radius 2 is 2.07 bits per heavy atom. The molecule has 2 rings (SSSR count). The Hall–Kier alpha value is -2.08. The molecule has 1 atom stereocenters. The maximum Gasteiger partial charge on any atom is 0.303 e. The molecule has 1 amide bonds. The molecule has 0 bridgehead atoms. The standard InChI is InChI=1S/C22H29NO4S/c1-17-6-2-3-7-18(17)16-20(24)12-11-19-8-4-9-21(25)23(19)13-15-28-14-5-10-22(26)27/h2-3,6-7,11-12,19H,4-5,8-10,13-16H2,1H3,(H,26,27)/t19-/m1/s1. The fourth-order valence-corrected chi connectivity index (χ4v) is 4.18. The highest BCUT2D eigenvalue weighted by molar-refractivity contribution is 7.99. The van der Waals surface area contributed by atoms with Gasteiger partial charge < -0.3 is 10.0 Å². The summed E-state index contributed by atoms with van der Waals surface area (Å²) in [6.07, 6.45) is 7.00. The predicted molar refractivity (Wildman–Crippen MR) is 113 cm³/mol. The van der Waals surface area contributed by atoms with Crippen LogP contribution in [0.4, 0.5) is 0 Å². The van der Waals surface area contributed by atoms with Gasteiger partial charge in [0, 0.05) is 31.6 Å². The van der Waals surface area contributed by atoms with Gasteiger partial charge in [-0.25, -0.2) is 0 Å². The molecule has 0 saturated carbocycles. The number of ketones is 1. The van der Waals surface area contributed by atoms with E-state index in [9.17, 15) is 14.4 Å². The van der Waals surface area contributed by atoms with Crippen molar-refractivity contribution in [3.05, 3.63) is 47.5 Å². The molecule has 1 saturated heterocycles. The number of likely N-dealkylation sites (tertiary alicyclic amines) is 1. The van der Waals surface area contributed by atoms with Crippen LogP contribution in [0.1, 0.15) is 43.2 Å². The van der Waals surface area contributed by atoms with Gasteiger partial charge in [0.1, 0.15) is 0 Å². The number of hydrogen-bond acceptors (Lipinski definition) is 4. The molecule has 0 aliphatic carbocycles. The number of carbonyl (C=O) groups excluding carboxylic acids is 2. The van der Waals surface area contributed by atoms with Crippen LogP contribution in [0.25, 0.3) is 0 Å². The van der Waals surface area contributed by atoms with E-state index in [2.05, 4.69) is 0 Å². The second-order valence-electron chi connectivity index (χ2n) is 7.09. The minimum atomic E-state index is -0.771. The van der Waals surface area contributed by atoms with Gasteiger partial charge in [-0.15, -0.1) is 0 Å². The summed E-state index contributed by atoms with van der Waals surface area (Å²) in [7, 11) is 0. The second kappa shape index (κ2) is 11.7. The number of carboxylic acid groups (broad SMARTS) is 1. The van der Waals surface area contributed by atoms with Crippen LogP contribution in [0.5, 0.6) is 0 Å². The molecule has 1 fully saturated rings. The van der Waals surface area contributed by atoms with Crippen LogP contribution in [0.2, 0.25) is 0 Å². The first-order valence-electron chi connectivity index (χ1n) is 9.82. The highest BCUT2D eigenvalue weighted by atomic mass is 32.2. The first-order valence-corrected chi connectivity index (χ1v) is 11.0. The van der Waals surface area contributed by atoms with Crippen LogP contribution in [-0.2, 0) is 20.8 Å². The summed E-state index contributed by atoms with van der Waals surface area (Å²) < 4.78 is 0. The van der Waals surface area contributed by atoms with Crippen molar-refractivity contribution in [1.29, 1.82) is 0 Å². The quantitative estimate of drug-likeness (QED) is 0.451. The van der Waals surface area contributed by atoms with Crippen molar-refractivity contribution in [1.82, 2.24) is 4.90 Å². The molecule has 152 valence electrons. The van der Waals surface area contributed by atoms with Gasteiger partial charge in [-0.05, 0) is 49.1 Å². The lowest BCUT2D eigenvalue weighted by Crippen LogP contribution is -2.43. The molecule has 28 heavy (non-hydrogen) atoms. The lowest BCUT2D eigenvalue weighted by atomic mass is 9.99. The smallest absolute Gasteiger partial charge is 0.303 e. The molecule has 1 aliphatic heterocycles. The molecule has 1 aromatic rings. The first kappa shape index (κ1) is 22.2. The zero-order valence-corrected chi connectivity index (χ0v) is 17.2. The van der Waals surface area contributed by atoms with E-state index in [1.807, 2.05) is 42.2 Å². The number of aryl methyl sites for hydroxylation is 1. The van der Waals surface area contributed by atoms with E-state index in [-0.39, 0.29) is 24.2 Å². The highest BCUT2D eigenvalue weighted by Crippen LogP contribution is 2.20. The molecule has 0 spiro atoms. The first-order chi connectivity index (χ1) is 13.5. The third-order valence-electron chi connectivity index (χ3n) is 4.90. The summed E-state index contributed by atoms with van der Waals surface area (Å²) in [5, 5.41) is 8.66. The van der Waals surface area contributed by atoms with Gasteiger partial charge in [0.15, 0.2) is 5.78 Å². The van der Waals surface area contributed by atoms with Crippen LogP contribution >= 0.6 is 11.8 Å². The van der Waals surface area contributed by atoms with E-state index in [4.69, 9.17) is 5.11 Å².